The van der Waals surface area contributed by atoms with Crippen LogP contribution in [0.25, 0.3) is 0 Å². The maximum Gasteiger partial charge on any atom is 0.225 e. The van der Waals surface area contributed by atoms with E-state index in [-0.39, 0.29) is 5.92 Å². The average Bonchev–Trinajstić information content (AvgIpc) is 2.82. The Labute approximate surface area is 123 Å². The smallest absolute Gasteiger partial charge is 0.225 e. The van der Waals surface area contributed by atoms with E-state index in [4.69, 9.17) is 5.73 Å². The highest BCUT2D eigenvalue weighted by Crippen LogP contribution is 2.30. The van der Waals surface area contributed by atoms with Gasteiger partial charge in [-0.1, -0.05) is 13.3 Å². The van der Waals surface area contributed by atoms with E-state index < -0.39 is 0 Å². The molecule has 20 heavy (non-hydrogen) atoms. The maximum atomic E-state index is 12.6. The molecule has 4 unspecified atom stereocenters. The molecule has 4 nitrogen and oxygen atoms in total. The number of hydrogen-bond acceptors (Lipinski definition) is 3. The molecule has 1 aliphatic heterocycles. The number of carbonyl (C=O) groups is 1. The van der Waals surface area contributed by atoms with E-state index in [1.807, 2.05) is 11.9 Å². The van der Waals surface area contributed by atoms with Gasteiger partial charge in [0.1, 0.15) is 0 Å². The van der Waals surface area contributed by atoms with Gasteiger partial charge in [-0.25, -0.2) is 0 Å². The fraction of sp³-hybridized carbons (Fsp3) is 0.938. The van der Waals surface area contributed by atoms with Crippen molar-refractivity contribution < 1.29 is 4.79 Å². The Hall–Kier alpha value is -0.610. The van der Waals surface area contributed by atoms with Gasteiger partial charge in [0.05, 0.1) is 0 Å². The Morgan fingerprint density at radius 1 is 1.40 bits per heavy atom. The van der Waals surface area contributed by atoms with E-state index in [0.29, 0.717) is 23.8 Å². The van der Waals surface area contributed by atoms with Gasteiger partial charge in [-0.2, -0.15) is 0 Å². The summed E-state index contributed by atoms with van der Waals surface area (Å²) < 4.78 is 0. The normalized spacial score (nSPS) is 33.1. The van der Waals surface area contributed by atoms with Crippen LogP contribution in [-0.2, 0) is 4.79 Å². The topological polar surface area (TPSA) is 49.6 Å². The van der Waals surface area contributed by atoms with Crippen molar-refractivity contribution in [1.29, 1.82) is 0 Å². The molecular formula is C16H31N3O. The first-order valence-electron chi connectivity index (χ1n) is 8.16. The lowest BCUT2D eigenvalue weighted by molar-refractivity contribution is -0.136. The van der Waals surface area contributed by atoms with Crippen molar-refractivity contribution in [3.63, 3.8) is 0 Å². The van der Waals surface area contributed by atoms with Crippen LogP contribution in [0.3, 0.4) is 0 Å². The molecule has 116 valence electrons. The van der Waals surface area contributed by atoms with Gasteiger partial charge in [0, 0.05) is 32.1 Å². The fourth-order valence-electron chi connectivity index (χ4n) is 3.92. The van der Waals surface area contributed by atoms with Gasteiger partial charge < -0.3 is 15.5 Å². The van der Waals surface area contributed by atoms with Crippen LogP contribution < -0.4 is 5.73 Å². The van der Waals surface area contributed by atoms with Gasteiger partial charge in [0.15, 0.2) is 0 Å². The minimum Gasteiger partial charge on any atom is -0.345 e. The molecule has 2 fully saturated rings. The largest absolute Gasteiger partial charge is 0.345 e. The molecule has 1 saturated heterocycles. The standard InChI is InChI=1S/C16H31N3O/c1-12(14-5-4-6-15(17)9-14)16(20)19(3)11-13-7-8-18(2)10-13/h12-15H,4-11,17H2,1-3H3. The summed E-state index contributed by atoms with van der Waals surface area (Å²) in [6, 6.07) is 0.304. The van der Waals surface area contributed by atoms with E-state index in [9.17, 15) is 4.79 Å². The monoisotopic (exact) mass is 281 g/mol. The number of amides is 1. The molecule has 2 rings (SSSR count). The number of carbonyl (C=O) groups excluding carboxylic acids is 1. The van der Waals surface area contributed by atoms with Crippen molar-refractivity contribution in [2.24, 2.45) is 23.5 Å². The molecule has 0 bridgehead atoms. The molecule has 1 aliphatic carbocycles. The lowest BCUT2D eigenvalue weighted by Crippen LogP contribution is -2.41. The van der Waals surface area contributed by atoms with Gasteiger partial charge in [0.25, 0.3) is 0 Å². The summed E-state index contributed by atoms with van der Waals surface area (Å²) in [6.45, 7) is 5.30. The minimum atomic E-state index is 0.130. The third kappa shape index (κ3) is 3.95. The van der Waals surface area contributed by atoms with E-state index >= 15 is 0 Å². The van der Waals surface area contributed by atoms with Crippen molar-refractivity contribution in [3.8, 4) is 0 Å². The summed E-state index contributed by atoms with van der Waals surface area (Å²) in [5.41, 5.74) is 6.06. The lowest BCUT2D eigenvalue weighted by atomic mass is 9.78. The second kappa shape index (κ2) is 6.90. The lowest BCUT2D eigenvalue weighted by Gasteiger charge is -2.33. The van der Waals surface area contributed by atoms with Crippen LogP contribution in [0.5, 0.6) is 0 Å². The second-order valence-corrected chi connectivity index (χ2v) is 7.11. The Morgan fingerprint density at radius 2 is 2.15 bits per heavy atom. The minimum absolute atomic E-state index is 0.130. The molecule has 0 spiro atoms. The zero-order chi connectivity index (χ0) is 14.7. The van der Waals surface area contributed by atoms with E-state index in [1.54, 1.807) is 0 Å². The van der Waals surface area contributed by atoms with Crippen LogP contribution in [0.15, 0.2) is 0 Å². The fourth-order valence-corrected chi connectivity index (χ4v) is 3.92. The molecule has 0 aromatic carbocycles. The van der Waals surface area contributed by atoms with Crippen molar-refractivity contribution >= 4 is 5.91 Å². The summed E-state index contributed by atoms with van der Waals surface area (Å²) in [7, 11) is 4.13. The molecule has 2 N–H and O–H groups in total. The van der Waals surface area contributed by atoms with Crippen molar-refractivity contribution in [3.05, 3.63) is 0 Å². The maximum absolute atomic E-state index is 12.6. The van der Waals surface area contributed by atoms with Crippen molar-refractivity contribution in [2.45, 2.75) is 45.1 Å². The first kappa shape index (κ1) is 15.8. The van der Waals surface area contributed by atoms with Crippen molar-refractivity contribution in [1.82, 2.24) is 9.80 Å². The average molecular weight is 281 g/mol. The van der Waals surface area contributed by atoms with Gasteiger partial charge in [-0.3, -0.25) is 4.79 Å². The molecule has 4 atom stereocenters. The number of rotatable bonds is 4. The van der Waals surface area contributed by atoms with Crippen LogP contribution >= 0.6 is 0 Å². The first-order chi connectivity index (χ1) is 9.47. The van der Waals surface area contributed by atoms with Crippen LogP contribution in [0.1, 0.15) is 39.0 Å². The van der Waals surface area contributed by atoms with E-state index in [1.165, 1.54) is 25.8 Å². The van der Waals surface area contributed by atoms with Crippen LogP contribution in [0.4, 0.5) is 0 Å². The molecule has 1 heterocycles. The quantitative estimate of drug-likeness (QED) is 0.850. The van der Waals surface area contributed by atoms with Gasteiger partial charge >= 0.3 is 0 Å². The first-order valence-corrected chi connectivity index (χ1v) is 8.16. The predicted molar refractivity (Wildman–Crippen MR) is 82.3 cm³/mol. The summed E-state index contributed by atoms with van der Waals surface area (Å²) in [5, 5.41) is 0. The number of nitrogens with two attached hydrogens (primary N) is 1. The molecule has 0 aromatic heterocycles. The van der Waals surface area contributed by atoms with Crippen molar-refractivity contribution in [2.75, 3.05) is 33.7 Å². The highest BCUT2D eigenvalue weighted by molar-refractivity contribution is 5.78. The SMILES string of the molecule is CC(C(=O)N(C)CC1CCN(C)C1)C1CCCC(N)C1. The van der Waals surface area contributed by atoms with Crippen LogP contribution in [0, 0.1) is 17.8 Å². The molecule has 2 aliphatic rings. The number of hydrogen-bond donors (Lipinski definition) is 1. The molecule has 0 aromatic rings. The number of nitrogens with zero attached hydrogens (tertiary/aromatic N) is 2. The molecular weight excluding hydrogens is 250 g/mol. The Morgan fingerprint density at radius 3 is 2.75 bits per heavy atom. The highest BCUT2D eigenvalue weighted by Gasteiger charge is 2.31. The third-order valence-electron chi connectivity index (χ3n) is 5.25. The summed E-state index contributed by atoms with van der Waals surface area (Å²) in [5.74, 6) is 1.58. The van der Waals surface area contributed by atoms with Gasteiger partial charge in [0.2, 0.25) is 5.91 Å². The Bertz CT molecular complexity index is 334. The van der Waals surface area contributed by atoms with Gasteiger partial charge in [-0.15, -0.1) is 0 Å². The summed E-state index contributed by atoms with van der Waals surface area (Å²) in [6.07, 6.45) is 5.71. The number of likely N-dealkylation sites (tertiary alicyclic amines) is 1. The van der Waals surface area contributed by atoms with Gasteiger partial charge in [-0.05, 0) is 51.1 Å². The van der Waals surface area contributed by atoms with E-state index in [0.717, 1.165) is 25.9 Å². The molecule has 0 radical (unpaired) electrons. The molecule has 1 saturated carbocycles. The highest BCUT2D eigenvalue weighted by atomic mass is 16.2. The van der Waals surface area contributed by atoms with Crippen LogP contribution in [0.2, 0.25) is 0 Å². The molecule has 1 amide bonds. The second-order valence-electron chi connectivity index (χ2n) is 7.11. The predicted octanol–water partition coefficient (Wildman–Crippen LogP) is 1.55. The zero-order valence-electron chi connectivity index (χ0n) is 13.3. The third-order valence-corrected chi connectivity index (χ3v) is 5.25. The van der Waals surface area contributed by atoms with E-state index in [2.05, 4.69) is 18.9 Å². The van der Waals surface area contributed by atoms with Crippen LogP contribution in [-0.4, -0.2) is 55.5 Å². The Balaban J connectivity index is 1.82. The Kier molecular flexibility index (Phi) is 5.44. The molecule has 4 heteroatoms. The summed E-state index contributed by atoms with van der Waals surface area (Å²) >= 11 is 0. The summed E-state index contributed by atoms with van der Waals surface area (Å²) in [4.78, 5) is 16.9. The zero-order valence-corrected chi connectivity index (χ0v) is 13.3.